The lowest BCUT2D eigenvalue weighted by molar-refractivity contribution is -0.124. The van der Waals surface area contributed by atoms with E-state index in [2.05, 4.69) is 10.2 Å². The summed E-state index contributed by atoms with van der Waals surface area (Å²) in [5.74, 6) is -0.521. The molecule has 0 aliphatic carbocycles. The van der Waals surface area contributed by atoms with Gasteiger partial charge in [-0.05, 0) is 50.4 Å². The molecular weight excluding hydrogens is 269 g/mol. The Morgan fingerprint density at radius 3 is 2.95 bits per heavy atom. The predicted molar refractivity (Wildman–Crippen MR) is 82.8 cm³/mol. The molecule has 1 aliphatic rings. The SMILES string of the molecule is CCNC(C)(CCCN1CCc2ccc(F)cc21)C(N)=O. The van der Waals surface area contributed by atoms with Crippen LogP contribution >= 0.6 is 0 Å². The van der Waals surface area contributed by atoms with Gasteiger partial charge in [0.05, 0.1) is 5.54 Å². The Labute approximate surface area is 125 Å². The number of anilines is 1. The summed E-state index contributed by atoms with van der Waals surface area (Å²) in [5, 5.41) is 3.16. The van der Waals surface area contributed by atoms with Crippen molar-refractivity contribution < 1.29 is 9.18 Å². The summed E-state index contributed by atoms with van der Waals surface area (Å²) in [6.07, 6.45) is 2.47. The van der Waals surface area contributed by atoms with Gasteiger partial charge in [-0.3, -0.25) is 4.79 Å². The van der Waals surface area contributed by atoms with E-state index in [1.807, 2.05) is 19.9 Å². The lowest BCUT2D eigenvalue weighted by Gasteiger charge is -2.28. The van der Waals surface area contributed by atoms with Crippen LogP contribution in [0.1, 0.15) is 32.3 Å². The number of fused-ring (bicyclic) bond motifs is 1. The monoisotopic (exact) mass is 293 g/mol. The highest BCUT2D eigenvalue weighted by Gasteiger charge is 2.29. The molecule has 5 heteroatoms. The minimum atomic E-state index is -0.667. The third-order valence-electron chi connectivity index (χ3n) is 4.25. The van der Waals surface area contributed by atoms with Crippen LogP contribution in [0.3, 0.4) is 0 Å². The first kappa shape index (κ1) is 15.8. The standard InChI is InChI=1S/C16H24FN3O/c1-3-19-16(2,15(18)21)8-4-9-20-10-7-12-5-6-13(17)11-14(12)20/h5-6,11,19H,3-4,7-10H2,1-2H3,(H2,18,21). The van der Waals surface area contributed by atoms with Crippen molar-refractivity contribution in [3.63, 3.8) is 0 Å². The van der Waals surface area contributed by atoms with E-state index in [0.717, 1.165) is 31.6 Å². The number of amides is 1. The molecule has 3 N–H and O–H groups in total. The van der Waals surface area contributed by atoms with Crippen LogP contribution in [-0.4, -0.2) is 31.1 Å². The maximum atomic E-state index is 13.4. The van der Waals surface area contributed by atoms with Gasteiger partial charge in [0.1, 0.15) is 5.82 Å². The normalized spacial score (nSPS) is 16.6. The van der Waals surface area contributed by atoms with Crippen LogP contribution in [0, 0.1) is 5.82 Å². The molecule has 1 heterocycles. The molecule has 1 unspecified atom stereocenters. The van der Waals surface area contributed by atoms with Crippen molar-refractivity contribution in [3.8, 4) is 0 Å². The number of benzene rings is 1. The summed E-state index contributed by atoms with van der Waals surface area (Å²) in [6, 6.07) is 4.97. The molecule has 0 radical (unpaired) electrons. The van der Waals surface area contributed by atoms with Crippen LogP contribution in [0.15, 0.2) is 18.2 Å². The zero-order chi connectivity index (χ0) is 15.5. The van der Waals surface area contributed by atoms with Gasteiger partial charge in [0.2, 0.25) is 5.91 Å². The molecule has 0 saturated heterocycles. The first-order valence-corrected chi connectivity index (χ1v) is 7.54. The molecule has 1 amide bonds. The van der Waals surface area contributed by atoms with E-state index in [1.54, 1.807) is 6.07 Å². The zero-order valence-electron chi connectivity index (χ0n) is 12.8. The summed E-state index contributed by atoms with van der Waals surface area (Å²) in [6.45, 7) is 6.23. The second-order valence-corrected chi connectivity index (χ2v) is 5.84. The van der Waals surface area contributed by atoms with Crippen LogP contribution in [0.5, 0.6) is 0 Å². The Balaban J connectivity index is 1.93. The number of likely N-dealkylation sites (N-methyl/N-ethyl adjacent to an activating group) is 1. The number of hydrogen-bond acceptors (Lipinski definition) is 3. The van der Waals surface area contributed by atoms with Crippen molar-refractivity contribution in [2.75, 3.05) is 24.5 Å². The highest BCUT2D eigenvalue weighted by atomic mass is 19.1. The quantitative estimate of drug-likeness (QED) is 0.806. The number of rotatable bonds is 7. The molecule has 0 saturated carbocycles. The molecule has 0 bridgehead atoms. The van der Waals surface area contributed by atoms with Crippen LogP contribution < -0.4 is 16.0 Å². The van der Waals surface area contributed by atoms with Crippen molar-refractivity contribution in [3.05, 3.63) is 29.6 Å². The Morgan fingerprint density at radius 1 is 1.52 bits per heavy atom. The first-order valence-electron chi connectivity index (χ1n) is 7.54. The molecule has 21 heavy (non-hydrogen) atoms. The van der Waals surface area contributed by atoms with Crippen molar-refractivity contribution in [2.24, 2.45) is 5.73 Å². The Hall–Kier alpha value is -1.62. The van der Waals surface area contributed by atoms with Gasteiger partial charge in [-0.1, -0.05) is 13.0 Å². The molecule has 1 aliphatic heterocycles. The van der Waals surface area contributed by atoms with E-state index >= 15 is 0 Å². The lowest BCUT2D eigenvalue weighted by atomic mass is 9.94. The molecule has 4 nitrogen and oxygen atoms in total. The Kier molecular flexibility index (Phi) is 4.83. The predicted octanol–water partition coefficient (Wildman–Crippen LogP) is 1.82. The molecule has 0 spiro atoms. The number of halogens is 1. The van der Waals surface area contributed by atoms with E-state index < -0.39 is 5.54 Å². The second kappa shape index (κ2) is 6.43. The van der Waals surface area contributed by atoms with E-state index in [-0.39, 0.29) is 11.7 Å². The number of nitrogens with one attached hydrogen (secondary N) is 1. The highest BCUT2D eigenvalue weighted by molar-refractivity contribution is 5.84. The number of carbonyl (C=O) groups is 1. The van der Waals surface area contributed by atoms with Gasteiger partial charge in [-0.15, -0.1) is 0 Å². The van der Waals surface area contributed by atoms with E-state index in [9.17, 15) is 9.18 Å². The summed E-state index contributed by atoms with van der Waals surface area (Å²) in [7, 11) is 0. The fourth-order valence-corrected chi connectivity index (χ4v) is 2.96. The summed E-state index contributed by atoms with van der Waals surface area (Å²) in [5.41, 5.74) is 7.00. The number of hydrogen-bond donors (Lipinski definition) is 2. The summed E-state index contributed by atoms with van der Waals surface area (Å²) < 4.78 is 13.4. The molecule has 1 atom stereocenters. The van der Waals surface area contributed by atoms with Crippen LogP contribution in [0.2, 0.25) is 0 Å². The van der Waals surface area contributed by atoms with E-state index in [0.29, 0.717) is 13.0 Å². The highest BCUT2D eigenvalue weighted by Crippen LogP contribution is 2.29. The van der Waals surface area contributed by atoms with Crippen molar-refractivity contribution in [1.82, 2.24) is 5.32 Å². The van der Waals surface area contributed by atoms with Gasteiger partial charge >= 0.3 is 0 Å². The molecular formula is C16H24FN3O. The molecule has 0 aromatic heterocycles. The average Bonchev–Trinajstić information content (AvgIpc) is 2.81. The summed E-state index contributed by atoms with van der Waals surface area (Å²) >= 11 is 0. The molecule has 1 aromatic rings. The third kappa shape index (κ3) is 3.53. The molecule has 116 valence electrons. The van der Waals surface area contributed by atoms with Gasteiger partial charge < -0.3 is 16.0 Å². The van der Waals surface area contributed by atoms with E-state index in [4.69, 9.17) is 5.73 Å². The maximum Gasteiger partial charge on any atom is 0.237 e. The topological polar surface area (TPSA) is 58.4 Å². The zero-order valence-corrected chi connectivity index (χ0v) is 12.8. The van der Waals surface area contributed by atoms with Gasteiger partial charge in [0, 0.05) is 18.8 Å². The number of nitrogens with zero attached hydrogens (tertiary/aromatic N) is 1. The Morgan fingerprint density at radius 2 is 2.29 bits per heavy atom. The number of nitrogens with two attached hydrogens (primary N) is 1. The minimum absolute atomic E-state index is 0.199. The van der Waals surface area contributed by atoms with Gasteiger partial charge in [0.15, 0.2) is 0 Å². The van der Waals surface area contributed by atoms with Crippen LogP contribution in [0.25, 0.3) is 0 Å². The lowest BCUT2D eigenvalue weighted by Crippen LogP contribution is -2.53. The molecule has 0 fully saturated rings. The number of primary amides is 1. The number of carbonyl (C=O) groups excluding carboxylic acids is 1. The fraction of sp³-hybridized carbons (Fsp3) is 0.562. The first-order chi connectivity index (χ1) is 9.96. The average molecular weight is 293 g/mol. The minimum Gasteiger partial charge on any atom is -0.371 e. The van der Waals surface area contributed by atoms with Gasteiger partial charge in [0.25, 0.3) is 0 Å². The second-order valence-electron chi connectivity index (χ2n) is 5.84. The maximum absolute atomic E-state index is 13.4. The smallest absolute Gasteiger partial charge is 0.237 e. The van der Waals surface area contributed by atoms with Gasteiger partial charge in [-0.25, -0.2) is 4.39 Å². The molecule has 1 aromatic carbocycles. The fourth-order valence-electron chi connectivity index (χ4n) is 2.96. The van der Waals surface area contributed by atoms with Crippen LogP contribution in [-0.2, 0) is 11.2 Å². The summed E-state index contributed by atoms with van der Waals surface area (Å²) in [4.78, 5) is 13.8. The van der Waals surface area contributed by atoms with Crippen LogP contribution in [0.4, 0.5) is 10.1 Å². The molecule has 2 rings (SSSR count). The van der Waals surface area contributed by atoms with Crippen molar-refractivity contribution in [1.29, 1.82) is 0 Å². The van der Waals surface area contributed by atoms with E-state index in [1.165, 1.54) is 11.6 Å². The van der Waals surface area contributed by atoms with Crippen molar-refractivity contribution >= 4 is 11.6 Å². The Bertz CT molecular complexity index is 520. The van der Waals surface area contributed by atoms with Gasteiger partial charge in [-0.2, -0.15) is 0 Å². The third-order valence-corrected chi connectivity index (χ3v) is 4.25. The largest absolute Gasteiger partial charge is 0.371 e. The van der Waals surface area contributed by atoms with Crippen molar-refractivity contribution in [2.45, 2.75) is 38.6 Å².